The Morgan fingerprint density at radius 2 is 1.68 bits per heavy atom. The molecule has 4 nitrogen and oxygen atoms in total. The van der Waals surface area contributed by atoms with Gasteiger partial charge in [-0.05, 0) is 24.6 Å². The van der Waals surface area contributed by atoms with Crippen molar-refractivity contribution >= 4 is 17.8 Å². The minimum absolute atomic E-state index is 0.268. The van der Waals surface area contributed by atoms with Crippen LogP contribution in [0.1, 0.15) is 18.1 Å². The molecule has 2 aromatic carbocycles. The van der Waals surface area contributed by atoms with E-state index in [0.717, 1.165) is 5.56 Å². The Balaban J connectivity index is 2.25. The first kappa shape index (κ1) is 15.5. The second-order valence-corrected chi connectivity index (χ2v) is 4.73. The third-order valence-electron chi connectivity index (χ3n) is 3.07. The quantitative estimate of drug-likeness (QED) is 0.504. The maximum absolute atomic E-state index is 11.4. The van der Waals surface area contributed by atoms with Gasteiger partial charge in [0.05, 0.1) is 0 Å². The first-order valence-corrected chi connectivity index (χ1v) is 6.79. The number of benzene rings is 2. The zero-order valence-corrected chi connectivity index (χ0v) is 12.2. The van der Waals surface area contributed by atoms with Crippen molar-refractivity contribution in [2.24, 2.45) is 0 Å². The summed E-state index contributed by atoms with van der Waals surface area (Å²) in [6.07, 6.45) is 1.34. The van der Waals surface area contributed by atoms with Crippen molar-refractivity contribution in [3.05, 3.63) is 71.3 Å². The average Bonchev–Trinajstić information content (AvgIpc) is 2.52. The van der Waals surface area contributed by atoms with Crippen LogP contribution in [0.3, 0.4) is 0 Å². The SMILES string of the molecule is CC(=O)/C(=C\c1ccccc1OCc1ccccc1)C(=O)O. The number of Topliss-reactive ketones (excluding diaryl/α,β-unsaturated/α-hetero) is 1. The normalized spacial score (nSPS) is 11.0. The highest BCUT2D eigenvalue weighted by Crippen LogP contribution is 2.22. The van der Waals surface area contributed by atoms with E-state index in [2.05, 4.69) is 0 Å². The molecule has 0 saturated heterocycles. The second-order valence-electron chi connectivity index (χ2n) is 4.73. The largest absolute Gasteiger partial charge is 0.488 e. The molecule has 4 heteroatoms. The van der Waals surface area contributed by atoms with Gasteiger partial charge in [0.1, 0.15) is 17.9 Å². The highest BCUT2D eigenvalue weighted by atomic mass is 16.5. The molecule has 22 heavy (non-hydrogen) atoms. The molecule has 2 rings (SSSR count). The highest BCUT2D eigenvalue weighted by Gasteiger charge is 2.14. The zero-order valence-electron chi connectivity index (χ0n) is 12.2. The van der Waals surface area contributed by atoms with Gasteiger partial charge in [-0.15, -0.1) is 0 Å². The van der Waals surface area contributed by atoms with Crippen molar-refractivity contribution in [3.63, 3.8) is 0 Å². The summed E-state index contributed by atoms with van der Waals surface area (Å²) in [5, 5.41) is 9.07. The van der Waals surface area contributed by atoms with Crippen LogP contribution in [0.15, 0.2) is 60.2 Å². The fourth-order valence-corrected chi connectivity index (χ4v) is 1.94. The predicted molar refractivity (Wildman–Crippen MR) is 83.5 cm³/mol. The summed E-state index contributed by atoms with van der Waals surface area (Å²) in [6.45, 7) is 1.60. The van der Waals surface area contributed by atoms with E-state index < -0.39 is 11.8 Å². The van der Waals surface area contributed by atoms with Crippen LogP contribution in [0.2, 0.25) is 0 Å². The van der Waals surface area contributed by atoms with Gasteiger partial charge in [0, 0.05) is 5.56 Å². The van der Waals surface area contributed by atoms with Gasteiger partial charge in [-0.2, -0.15) is 0 Å². The topological polar surface area (TPSA) is 63.6 Å². The number of hydrogen-bond donors (Lipinski definition) is 1. The molecular weight excluding hydrogens is 280 g/mol. The minimum Gasteiger partial charge on any atom is -0.488 e. The van der Waals surface area contributed by atoms with Crippen LogP contribution in [0.5, 0.6) is 5.75 Å². The first-order valence-electron chi connectivity index (χ1n) is 6.79. The van der Waals surface area contributed by atoms with E-state index in [0.29, 0.717) is 17.9 Å². The lowest BCUT2D eigenvalue weighted by molar-refractivity contribution is -0.134. The molecular formula is C18H16O4. The number of carbonyl (C=O) groups excluding carboxylic acids is 1. The second kappa shape index (κ2) is 7.22. The number of ether oxygens (including phenoxy) is 1. The molecule has 0 spiro atoms. The van der Waals surface area contributed by atoms with E-state index in [1.54, 1.807) is 24.3 Å². The van der Waals surface area contributed by atoms with Crippen molar-refractivity contribution in [1.82, 2.24) is 0 Å². The van der Waals surface area contributed by atoms with E-state index in [-0.39, 0.29) is 5.57 Å². The van der Waals surface area contributed by atoms with Gasteiger partial charge in [-0.1, -0.05) is 48.5 Å². The smallest absolute Gasteiger partial charge is 0.339 e. The lowest BCUT2D eigenvalue weighted by Gasteiger charge is -2.09. The summed E-state index contributed by atoms with van der Waals surface area (Å²) >= 11 is 0. The third kappa shape index (κ3) is 4.06. The average molecular weight is 296 g/mol. The Morgan fingerprint density at radius 1 is 1.05 bits per heavy atom. The van der Waals surface area contributed by atoms with Crippen LogP contribution in [0, 0.1) is 0 Å². The van der Waals surface area contributed by atoms with Gasteiger partial charge in [-0.25, -0.2) is 4.79 Å². The van der Waals surface area contributed by atoms with Gasteiger partial charge in [-0.3, -0.25) is 4.79 Å². The maximum atomic E-state index is 11.4. The first-order chi connectivity index (χ1) is 10.6. The van der Waals surface area contributed by atoms with E-state index in [1.165, 1.54) is 13.0 Å². The fraction of sp³-hybridized carbons (Fsp3) is 0.111. The molecule has 0 aliphatic carbocycles. The summed E-state index contributed by atoms with van der Waals surface area (Å²) in [5.74, 6) is -1.21. The molecule has 0 heterocycles. The number of hydrogen-bond acceptors (Lipinski definition) is 3. The maximum Gasteiger partial charge on any atom is 0.339 e. The van der Waals surface area contributed by atoms with E-state index >= 15 is 0 Å². The number of aliphatic carboxylic acids is 1. The monoisotopic (exact) mass is 296 g/mol. The Morgan fingerprint density at radius 3 is 2.32 bits per heavy atom. The summed E-state index contributed by atoms with van der Waals surface area (Å²) in [5.41, 5.74) is 1.30. The van der Waals surface area contributed by atoms with Crippen LogP contribution in [0.4, 0.5) is 0 Å². The van der Waals surface area contributed by atoms with Crippen molar-refractivity contribution < 1.29 is 19.4 Å². The predicted octanol–water partition coefficient (Wildman–Crippen LogP) is 3.32. The molecule has 1 N–H and O–H groups in total. The molecule has 0 saturated carbocycles. The lowest BCUT2D eigenvalue weighted by atomic mass is 10.1. The standard InChI is InChI=1S/C18H16O4/c1-13(19)16(18(20)21)11-15-9-5-6-10-17(15)22-12-14-7-3-2-4-8-14/h2-11H,12H2,1H3,(H,20,21)/b16-11+. The third-order valence-corrected chi connectivity index (χ3v) is 3.07. The van der Waals surface area contributed by atoms with Gasteiger partial charge in [0.25, 0.3) is 0 Å². The zero-order chi connectivity index (χ0) is 15.9. The summed E-state index contributed by atoms with van der Waals surface area (Å²) in [4.78, 5) is 22.5. The summed E-state index contributed by atoms with van der Waals surface area (Å²) in [6, 6.07) is 16.7. The molecule has 112 valence electrons. The van der Waals surface area contributed by atoms with E-state index in [1.807, 2.05) is 30.3 Å². The molecule has 0 atom stereocenters. The Bertz CT molecular complexity index is 686. The fourth-order valence-electron chi connectivity index (χ4n) is 1.94. The Labute approximate surface area is 128 Å². The van der Waals surface area contributed by atoms with Gasteiger partial charge in [0.15, 0.2) is 5.78 Å². The molecule has 0 aromatic heterocycles. The molecule has 0 bridgehead atoms. The molecule has 0 fully saturated rings. The minimum atomic E-state index is -1.25. The van der Waals surface area contributed by atoms with Gasteiger partial charge in [0.2, 0.25) is 0 Å². The lowest BCUT2D eigenvalue weighted by Crippen LogP contribution is -2.08. The van der Waals surface area contributed by atoms with Crippen molar-refractivity contribution in [1.29, 1.82) is 0 Å². The Kier molecular flexibility index (Phi) is 5.09. The van der Waals surface area contributed by atoms with Crippen LogP contribution < -0.4 is 4.74 Å². The van der Waals surface area contributed by atoms with Crippen LogP contribution in [0.25, 0.3) is 6.08 Å². The molecule has 0 radical (unpaired) electrons. The molecule has 0 unspecified atom stereocenters. The van der Waals surface area contributed by atoms with Crippen LogP contribution >= 0.6 is 0 Å². The molecule has 0 aliphatic heterocycles. The van der Waals surface area contributed by atoms with Crippen LogP contribution in [-0.4, -0.2) is 16.9 Å². The number of para-hydroxylation sites is 1. The number of carboxylic acid groups (broad SMARTS) is 1. The van der Waals surface area contributed by atoms with E-state index in [9.17, 15) is 9.59 Å². The summed E-state index contributed by atoms with van der Waals surface area (Å²) in [7, 11) is 0. The molecule has 0 aliphatic rings. The van der Waals surface area contributed by atoms with Gasteiger partial charge >= 0.3 is 5.97 Å². The van der Waals surface area contributed by atoms with E-state index in [4.69, 9.17) is 9.84 Å². The molecule has 2 aromatic rings. The number of ketones is 1. The Hall–Kier alpha value is -2.88. The van der Waals surface area contributed by atoms with Gasteiger partial charge < -0.3 is 9.84 Å². The van der Waals surface area contributed by atoms with Crippen molar-refractivity contribution in [2.45, 2.75) is 13.5 Å². The van der Waals surface area contributed by atoms with Crippen LogP contribution in [-0.2, 0) is 16.2 Å². The highest BCUT2D eigenvalue weighted by molar-refractivity contribution is 6.19. The number of rotatable bonds is 6. The number of carbonyl (C=O) groups is 2. The molecule has 0 amide bonds. The van der Waals surface area contributed by atoms with Crippen molar-refractivity contribution in [2.75, 3.05) is 0 Å². The van der Waals surface area contributed by atoms with Crippen molar-refractivity contribution in [3.8, 4) is 5.75 Å². The number of carboxylic acids is 1. The summed E-state index contributed by atoms with van der Waals surface area (Å²) < 4.78 is 5.73.